The zero-order chi connectivity index (χ0) is 26.3. The number of nitrogens with one attached hydrogen (secondary N) is 2. The highest BCUT2D eigenvalue weighted by Crippen LogP contribution is 2.37. The third-order valence-electron chi connectivity index (χ3n) is 5.70. The topological polar surface area (TPSA) is 114 Å². The number of hydrogen-bond donors (Lipinski definition) is 2. The Hall–Kier alpha value is -3.10. The van der Waals surface area contributed by atoms with E-state index in [9.17, 15) is 19.2 Å². The molecule has 2 unspecified atom stereocenters. The second kappa shape index (κ2) is 12.0. The first-order chi connectivity index (χ1) is 16.4. The van der Waals surface area contributed by atoms with Gasteiger partial charge in [-0.05, 0) is 78.0 Å². The zero-order valence-corrected chi connectivity index (χ0v) is 21.9. The predicted octanol–water partition coefficient (Wildman–Crippen LogP) is 3.32. The summed E-state index contributed by atoms with van der Waals surface area (Å²) in [5.74, 6) is -1.15. The Balaban J connectivity index is 2.31. The molecule has 0 radical (unpaired) electrons. The van der Waals surface area contributed by atoms with Crippen LogP contribution in [0.2, 0.25) is 0 Å². The van der Waals surface area contributed by atoms with Gasteiger partial charge in [0.15, 0.2) is 0 Å². The van der Waals surface area contributed by atoms with Crippen molar-refractivity contribution in [1.82, 2.24) is 15.5 Å². The Bertz CT molecular complexity index is 936. The van der Waals surface area contributed by atoms with Crippen LogP contribution in [0.4, 0.5) is 4.79 Å². The first-order valence-corrected chi connectivity index (χ1v) is 12.2. The van der Waals surface area contributed by atoms with Crippen LogP contribution < -0.4 is 10.6 Å². The van der Waals surface area contributed by atoms with Crippen molar-refractivity contribution in [2.75, 3.05) is 13.2 Å². The number of carbonyl (C=O) groups is 4. The first kappa shape index (κ1) is 28.1. The molecule has 1 aliphatic carbocycles. The van der Waals surface area contributed by atoms with Crippen molar-refractivity contribution in [2.45, 2.75) is 91.5 Å². The van der Waals surface area contributed by atoms with E-state index in [4.69, 9.17) is 9.47 Å². The van der Waals surface area contributed by atoms with E-state index in [-0.39, 0.29) is 37.4 Å². The Morgan fingerprint density at radius 3 is 2.37 bits per heavy atom. The number of aryl methyl sites for hydroxylation is 1. The van der Waals surface area contributed by atoms with Crippen LogP contribution >= 0.6 is 0 Å². The number of ether oxygens (including phenoxy) is 2. The SMILES string of the molecule is CCOC(=O)CCNC(=O)C(c1cccc(C)c1C)N(C(=O)C(C)NC(=O)OC(C)(C)C)C1CC1. The number of esters is 1. The summed E-state index contributed by atoms with van der Waals surface area (Å²) in [7, 11) is 0. The van der Waals surface area contributed by atoms with E-state index < -0.39 is 29.7 Å². The molecular weight excluding hydrogens is 450 g/mol. The molecule has 9 heteroatoms. The van der Waals surface area contributed by atoms with Crippen molar-refractivity contribution >= 4 is 23.9 Å². The van der Waals surface area contributed by atoms with Crippen molar-refractivity contribution in [2.24, 2.45) is 0 Å². The van der Waals surface area contributed by atoms with Gasteiger partial charge in [0.2, 0.25) is 11.8 Å². The molecule has 0 spiro atoms. The lowest BCUT2D eigenvalue weighted by Gasteiger charge is -2.34. The minimum atomic E-state index is -0.903. The molecule has 194 valence electrons. The van der Waals surface area contributed by atoms with E-state index >= 15 is 0 Å². The second-order valence-electron chi connectivity index (χ2n) is 9.88. The second-order valence-corrected chi connectivity index (χ2v) is 9.88. The average molecular weight is 490 g/mol. The molecule has 1 aromatic carbocycles. The summed E-state index contributed by atoms with van der Waals surface area (Å²) in [6.07, 6.45) is 0.869. The van der Waals surface area contributed by atoms with Crippen molar-refractivity contribution < 1.29 is 28.7 Å². The van der Waals surface area contributed by atoms with E-state index in [2.05, 4.69) is 10.6 Å². The lowest BCUT2D eigenvalue weighted by Crippen LogP contribution is -2.53. The van der Waals surface area contributed by atoms with Crippen LogP contribution in [0.3, 0.4) is 0 Å². The van der Waals surface area contributed by atoms with E-state index in [1.54, 1.807) is 39.5 Å². The summed E-state index contributed by atoms with van der Waals surface area (Å²) in [5, 5.41) is 5.40. The highest BCUT2D eigenvalue weighted by Gasteiger charge is 2.43. The highest BCUT2D eigenvalue weighted by molar-refractivity contribution is 5.92. The highest BCUT2D eigenvalue weighted by atomic mass is 16.6. The fourth-order valence-electron chi connectivity index (χ4n) is 3.75. The van der Waals surface area contributed by atoms with Crippen LogP contribution in [0.15, 0.2) is 18.2 Å². The van der Waals surface area contributed by atoms with Gasteiger partial charge in [0.25, 0.3) is 0 Å². The summed E-state index contributed by atoms with van der Waals surface area (Å²) in [6, 6.07) is 3.72. The number of nitrogens with zero attached hydrogens (tertiary/aromatic N) is 1. The van der Waals surface area contributed by atoms with Gasteiger partial charge in [0, 0.05) is 12.6 Å². The van der Waals surface area contributed by atoms with Gasteiger partial charge < -0.3 is 25.0 Å². The molecule has 1 aromatic rings. The van der Waals surface area contributed by atoms with E-state index in [1.165, 1.54) is 0 Å². The minimum Gasteiger partial charge on any atom is -0.466 e. The zero-order valence-electron chi connectivity index (χ0n) is 21.9. The summed E-state index contributed by atoms with van der Waals surface area (Å²) in [6.45, 7) is 12.8. The largest absolute Gasteiger partial charge is 0.466 e. The molecular formula is C26H39N3O6. The molecule has 2 N–H and O–H groups in total. The van der Waals surface area contributed by atoms with Crippen LogP contribution in [-0.2, 0) is 23.9 Å². The maximum Gasteiger partial charge on any atom is 0.408 e. The van der Waals surface area contributed by atoms with Crippen LogP contribution in [0.5, 0.6) is 0 Å². The lowest BCUT2D eigenvalue weighted by molar-refractivity contribution is -0.144. The summed E-state index contributed by atoms with van der Waals surface area (Å²) in [4.78, 5) is 52.7. The van der Waals surface area contributed by atoms with Crippen molar-refractivity contribution in [3.05, 3.63) is 34.9 Å². The quantitative estimate of drug-likeness (QED) is 0.488. The van der Waals surface area contributed by atoms with Crippen molar-refractivity contribution in [3.8, 4) is 0 Å². The molecule has 0 bridgehead atoms. The maximum absolute atomic E-state index is 13.6. The van der Waals surface area contributed by atoms with Crippen molar-refractivity contribution in [3.63, 3.8) is 0 Å². The van der Waals surface area contributed by atoms with Gasteiger partial charge in [0.05, 0.1) is 13.0 Å². The van der Waals surface area contributed by atoms with E-state index in [1.807, 2.05) is 32.0 Å². The van der Waals surface area contributed by atoms with Crippen LogP contribution in [0.25, 0.3) is 0 Å². The number of hydrogen-bond acceptors (Lipinski definition) is 6. The number of benzene rings is 1. The van der Waals surface area contributed by atoms with Gasteiger partial charge in [-0.15, -0.1) is 0 Å². The first-order valence-electron chi connectivity index (χ1n) is 12.2. The molecule has 0 heterocycles. The van der Waals surface area contributed by atoms with Gasteiger partial charge in [0.1, 0.15) is 17.7 Å². The fraction of sp³-hybridized carbons (Fsp3) is 0.615. The minimum absolute atomic E-state index is 0.0348. The molecule has 0 aliphatic heterocycles. The molecule has 3 amide bonds. The van der Waals surface area contributed by atoms with Crippen LogP contribution in [-0.4, -0.2) is 59.6 Å². The Labute approximate surface area is 207 Å². The fourth-order valence-corrected chi connectivity index (χ4v) is 3.75. The number of amides is 3. The molecule has 35 heavy (non-hydrogen) atoms. The van der Waals surface area contributed by atoms with Crippen molar-refractivity contribution in [1.29, 1.82) is 0 Å². The summed E-state index contributed by atoms with van der Waals surface area (Å²) < 4.78 is 10.2. The van der Waals surface area contributed by atoms with Gasteiger partial charge in [-0.2, -0.15) is 0 Å². The van der Waals surface area contributed by atoms with E-state index in [0.29, 0.717) is 5.56 Å². The molecule has 2 atom stereocenters. The number of rotatable bonds is 10. The maximum atomic E-state index is 13.6. The summed E-state index contributed by atoms with van der Waals surface area (Å²) in [5.41, 5.74) is 1.91. The number of carbonyl (C=O) groups excluding carboxylic acids is 4. The summed E-state index contributed by atoms with van der Waals surface area (Å²) >= 11 is 0. The smallest absolute Gasteiger partial charge is 0.408 e. The number of alkyl carbamates (subject to hydrolysis) is 1. The molecule has 0 saturated heterocycles. The van der Waals surface area contributed by atoms with Gasteiger partial charge in [-0.25, -0.2) is 4.79 Å². The van der Waals surface area contributed by atoms with Crippen LogP contribution in [0, 0.1) is 13.8 Å². The Morgan fingerprint density at radius 2 is 1.80 bits per heavy atom. The van der Waals surface area contributed by atoms with Gasteiger partial charge in [-0.1, -0.05) is 18.2 Å². The standard InChI is InChI=1S/C26H39N3O6/c1-8-34-21(30)14-15-27-23(31)22(20-11-9-10-16(2)17(20)3)29(19-12-13-19)24(32)18(4)28-25(33)35-26(5,6)7/h9-11,18-19,22H,8,12-15H2,1-7H3,(H,27,31)(H,28,33). The molecule has 1 aliphatic rings. The molecule has 1 saturated carbocycles. The third-order valence-corrected chi connectivity index (χ3v) is 5.70. The predicted molar refractivity (Wildman–Crippen MR) is 132 cm³/mol. The lowest BCUT2D eigenvalue weighted by atomic mass is 9.95. The molecule has 0 aromatic heterocycles. The third kappa shape index (κ3) is 8.26. The Kier molecular flexibility index (Phi) is 9.68. The molecule has 9 nitrogen and oxygen atoms in total. The molecule has 2 rings (SSSR count). The van der Waals surface area contributed by atoms with Crippen LogP contribution in [0.1, 0.15) is 76.6 Å². The monoisotopic (exact) mass is 489 g/mol. The van der Waals surface area contributed by atoms with Gasteiger partial charge >= 0.3 is 12.1 Å². The van der Waals surface area contributed by atoms with E-state index in [0.717, 1.165) is 24.0 Å². The normalized spacial score (nSPS) is 14.9. The Morgan fingerprint density at radius 1 is 1.14 bits per heavy atom. The average Bonchev–Trinajstić information content (AvgIpc) is 3.57. The van der Waals surface area contributed by atoms with Gasteiger partial charge in [-0.3, -0.25) is 14.4 Å². The molecule has 1 fully saturated rings.